The van der Waals surface area contributed by atoms with E-state index in [0.717, 1.165) is 36.0 Å². The largest absolute Gasteiger partial charge is 0.504 e. The van der Waals surface area contributed by atoms with E-state index in [4.69, 9.17) is 19.9 Å². The van der Waals surface area contributed by atoms with Crippen molar-refractivity contribution in [2.45, 2.75) is 104 Å². The summed E-state index contributed by atoms with van der Waals surface area (Å²) in [7, 11) is 1.51. The molecule has 244 valence electrons. The fourth-order valence-electron chi connectivity index (χ4n) is 7.95. The Morgan fingerprint density at radius 2 is 1.82 bits per heavy atom. The quantitative estimate of drug-likeness (QED) is 0.248. The van der Waals surface area contributed by atoms with Crippen molar-refractivity contribution in [1.29, 1.82) is 0 Å². The van der Waals surface area contributed by atoms with E-state index in [1.54, 1.807) is 6.07 Å². The minimum absolute atomic E-state index is 0.0246. The number of methoxy groups -OCH3 is 1. The summed E-state index contributed by atoms with van der Waals surface area (Å²) in [5.74, 6) is 2.36. The molecule has 0 amide bonds. The van der Waals surface area contributed by atoms with E-state index >= 15 is 0 Å². The number of hydrogen-bond donors (Lipinski definition) is 4. The Hall–Kier alpha value is -3.20. The molecule has 0 aromatic heterocycles. The van der Waals surface area contributed by atoms with Crippen molar-refractivity contribution in [2.24, 2.45) is 35.3 Å². The molecule has 2 aliphatic carbocycles. The van der Waals surface area contributed by atoms with Gasteiger partial charge in [0.25, 0.3) is 0 Å². The molecule has 0 saturated heterocycles. The number of hydrogen-bond acceptors (Lipinski definition) is 9. The Balaban J connectivity index is 1.59. The molecule has 0 unspecified atom stereocenters. The number of carbonyl (C=O) groups is 2. The molecule has 0 spiro atoms. The number of esters is 2. The van der Waals surface area contributed by atoms with Gasteiger partial charge < -0.3 is 35.5 Å². The van der Waals surface area contributed by atoms with Crippen LogP contribution in [0.15, 0.2) is 30.1 Å². The molecule has 4 rings (SSSR count). The third-order valence-electron chi connectivity index (χ3n) is 9.85. The van der Waals surface area contributed by atoms with Crippen LogP contribution in [0.25, 0.3) is 5.57 Å². The number of benzene rings is 1. The number of dihydropyridines is 1. The molecule has 5 N–H and O–H groups in total. The van der Waals surface area contributed by atoms with Crippen molar-refractivity contribution < 1.29 is 34.0 Å². The minimum atomic E-state index is -0.519. The van der Waals surface area contributed by atoms with Crippen molar-refractivity contribution >= 4 is 17.5 Å². The van der Waals surface area contributed by atoms with Gasteiger partial charge in [0, 0.05) is 26.8 Å². The van der Waals surface area contributed by atoms with Gasteiger partial charge in [-0.2, -0.15) is 0 Å². The number of allylic oxidation sites excluding steroid dienone is 2. The number of ether oxygens (including phenoxy) is 3. The van der Waals surface area contributed by atoms with Crippen LogP contribution in [0.4, 0.5) is 0 Å². The number of aryl methyl sites for hydroxylation is 1. The van der Waals surface area contributed by atoms with Crippen molar-refractivity contribution in [3.8, 4) is 11.5 Å². The molecule has 9 heteroatoms. The standard InChI is InChI=1S/C35H52N2O7/c1-20(2)30-9-6-23-12-26(30)14-27(15-28(40)13-23)33(44-22(4)39)18-29(43-21(3)38)8-7-24-16-34(42-5)32(41)19-31(24)25-10-11-37-35(36)17-25/h10,16-17,19-20,23,26-30,33,37,40-41H,6-9,11-15,18,36H2,1-5H3/t23-,26+,27+,28-,29-,30-,33-/m1/s1. The number of rotatable bonds is 11. The summed E-state index contributed by atoms with van der Waals surface area (Å²) in [6.45, 7) is 7.97. The first-order chi connectivity index (χ1) is 20.9. The van der Waals surface area contributed by atoms with Gasteiger partial charge in [0.1, 0.15) is 12.2 Å². The Morgan fingerprint density at radius 1 is 1.07 bits per heavy atom. The van der Waals surface area contributed by atoms with E-state index in [2.05, 4.69) is 19.2 Å². The number of nitrogens with one attached hydrogen (secondary N) is 1. The first kappa shape index (κ1) is 33.7. The zero-order valence-electron chi connectivity index (χ0n) is 27.0. The molecular formula is C35H52N2O7. The van der Waals surface area contributed by atoms with Crippen LogP contribution in [0, 0.1) is 29.6 Å². The maximum absolute atomic E-state index is 12.4. The smallest absolute Gasteiger partial charge is 0.302 e. The van der Waals surface area contributed by atoms with E-state index in [-0.39, 0.29) is 17.6 Å². The van der Waals surface area contributed by atoms with E-state index in [1.165, 1.54) is 33.8 Å². The number of aromatic hydroxyl groups is 1. The van der Waals surface area contributed by atoms with Gasteiger partial charge in [-0.25, -0.2) is 0 Å². The number of carbonyl (C=O) groups excluding carboxylic acids is 2. The maximum atomic E-state index is 12.4. The highest BCUT2D eigenvalue weighted by Crippen LogP contribution is 2.46. The average Bonchev–Trinajstić information content (AvgIpc) is 2.94. The molecule has 2 saturated carbocycles. The molecule has 2 bridgehead atoms. The predicted octanol–water partition coefficient (Wildman–Crippen LogP) is 5.22. The summed E-state index contributed by atoms with van der Waals surface area (Å²) in [5, 5.41) is 24.7. The number of phenols is 1. The lowest BCUT2D eigenvalue weighted by molar-refractivity contribution is -0.157. The molecule has 44 heavy (non-hydrogen) atoms. The van der Waals surface area contributed by atoms with Crippen molar-refractivity contribution in [2.75, 3.05) is 13.7 Å². The van der Waals surface area contributed by atoms with Gasteiger partial charge in [-0.05, 0) is 109 Å². The Bertz CT molecular complexity index is 1230. The second kappa shape index (κ2) is 15.2. The van der Waals surface area contributed by atoms with Crippen LogP contribution in [-0.4, -0.2) is 54.1 Å². The van der Waals surface area contributed by atoms with E-state index in [1.807, 2.05) is 18.2 Å². The van der Waals surface area contributed by atoms with E-state index < -0.39 is 24.3 Å². The molecule has 0 radical (unpaired) electrons. The third-order valence-corrected chi connectivity index (χ3v) is 9.85. The maximum Gasteiger partial charge on any atom is 0.302 e. The molecule has 7 atom stereocenters. The average molecular weight is 613 g/mol. The SMILES string of the molecule is COc1cc(CC[C@H](C[C@@H](OC(C)=O)[C@@H]2C[C@H](O)C[C@@H]3CC[C@H](C(C)C)[C@@H](C3)C2)OC(C)=O)c(C2=CCNC(N)=C2)cc1O. The van der Waals surface area contributed by atoms with Gasteiger partial charge in [-0.1, -0.05) is 26.3 Å². The summed E-state index contributed by atoms with van der Waals surface area (Å²) in [5.41, 5.74) is 8.65. The number of fused-ring (bicyclic) bond motifs is 2. The van der Waals surface area contributed by atoms with E-state index in [9.17, 15) is 19.8 Å². The first-order valence-electron chi connectivity index (χ1n) is 16.3. The third kappa shape index (κ3) is 8.93. The monoisotopic (exact) mass is 612 g/mol. The zero-order valence-corrected chi connectivity index (χ0v) is 27.0. The van der Waals surface area contributed by atoms with Gasteiger partial charge >= 0.3 is 11.9 Å². The molecule has 3 aliphatic rings. The van der Waals surface area contributed by atoms with Crippen molar-refractivity contribution in [3.63, 3.8) is 0 Å². The van der Waals surface area contributed by atoms with Crippen LogP contribution in [0.5, 0.6) is 11.5 Å². The van der Waals surface area contributed by atoms with Gasteiger partial charge in [0.2, 0.25) is 0 Å². The fraction of sp³-hybridized carbons (Fsp3) is 0.657. The summed E-state index contributed by atoms with van der Waals surface area (Å²) < 4.78 is 17.2. The topological polar surface area (TPSA) is 140 Å². The van der Waals surface area contributed by atoms with Crippen LogP contribution < -0.4 is 15.8 Å². The lowest BCUT2D eigenvalue weighted by atomic mass is 9.63. The molecular weight excluding hydrogens is 560 g/mol. The van der Waals surface area contributed by atoms with Crippen LogP contribution in [0.1, 0.15) is 90.2 Å². The highest BCUT2D eigenvalue weighted by Gasteiger charge is 2.40. The summed E-state index contributed by atoms with van der Waals surface area (Å²) >= 11 is 0. The van der Waals surface area contributed by atoms with Crippen LogP contribution >= 0.6 is 0 Å². The fourth-order valence-corrected chi connectivity index (χ4v) is 7.95. The lowest BCUT2D eigenvalue weighted by Crippen LogP contribution is -2.40. The molecule has 2 fully saturated rings. The van der Waals surface area contributed by atoms with Gasteiger partial charge in [0.05, 0.1) is 19.0 Å². The summed E-state index contributed by atoms with van der Waals surface area (Å²) in [6.07, 6.45) is 9.40. The van der Waals surface area contributed by atoms with Crippen molar-refractivity contribution in [3.05, 3.63) is 41.2 Å². The highest BCUT2D eigenvalue weighted by atomic mass is 16.6. The van der Waals surface area contributed by atoms with Crippen LogP contribution in [-0.2, 0) is 25.5 Å². The highest BCUT2D eigenvalue weighted by molar-refractivity contribution is 5.79. The first-order valence-corrected chi connectivity index (χ1v) is 16.3. The Morgan fingerprint density at radius 3 is 2.48 bits per heavy atom. The second-order valence-electron chi connectivity index (χ2n) is 13.4. The number of phenolic OH excluding ortho intramolecular Hbond substituents is 1. The number of aliphatic hydroxyl groups is 1. The van der Waals surface area contributed by atoms with Crippen molar-refractivity contribution in [1.82, 2.24) is 5.32 Å². The van der Waals surface area contributed by atoms with Gasteiger partial charge in [0.15, 0.2) is 11.5 Å². The second-order valence-corrected chi connectivity index (χ2v) is 13.4. The summed E-state index contributed by atoms with van der Waals surface area (Å²) in [4.78, 5) is 24.7. The lowest BCUT2D eigenvalue weighted by Gasteiger charge is -2.44. The predicted molar refractivity (Wildman–Crippen MR) is 169 cm³/mol. The Kier molecular flexibility index (Phi) is 11.6. The zero-order chi connectivity index (χ0) is 32.0. The number of aliphatic hydroxyl groups excluding tert-OH is 1. The molecule has 1 aliphatic heterocycles. The van der Waals surface area contributed by atoms with Gasteiger partial charge in [-0.15, -0.1) is 0 Å². The normalized spacial score (nSPS) is 26.7. The van der Waals surface area contributed by atoms with E-state index in [0.29, 0.717) is 67.5 Å². The summed E-state index contributed by atoms with van der Waals surface area (Å²) in [6, 6.07) is 3.48. The molecule has 9 nitrogen and oxygen atoms in total. The minimum Gasteiger partial charge on any atom is -0.504 e. The Labute approximate surface area is 262 Å². The molecule has 1 heterocycles. The number of nitrogens with two attached hydrogens (primary N) is 1. The van der Waals surface area contributed by atoms with Crippen LogP contribution in [0.3, 0.4) is 0 Å². The van der Waals surface area contributed by atoms with Crippen LogP contribution in [0.2, 0.25) is 0 Å². The molecule has 1 aromatic carbocycles. The molecule has 1 aromatic rings. The van der Waals surface area contributed by atoms with Gasteiger partial charge in [-0.3, -0.25) is 9.59 Å².